The molecular formula is C12H20N4O4. The van der Waals surface area contributed by atoms with E-state index in [0.717, 1.165) is 4.90 Å². The topological polar surface area (TPSA) is 128 Å². The van der Waals surface area contributed by atoms with Crippen molar-refractivity contribution in [3.63, 3.8) is 0 Å². The van der Waals surface area contributed by atoms with Gasteiger partial charge in [-0.1, -0.05) is 13.8 Å². The van der Waals surface area contributed by atoms with E-state index in [9.17, 15) is 14.4 Å². The normalized spacial score (nSPS) is 9.90. The molecule has 8 heteroatoms. The van der Waals surface area contributed by atoms with Gasteiger partial charge in [-0.15, -0.1) is 0 Å². The molecule has 0 radical (unpaired) electrons. The molecule has 0 bridgehead atoms. The molecule has 0 unspecified atom stereocenters. The van der Waals surface area contributed by atoms with E-state index in [1.807, 2.05) is 19.9 Å². The second kappa shape index (κ2) is 8.74. The Morgan fingerprint density at radius 1 is 1.25 bits per heavy atom. The molecule has 0 spiro atoms. The predicted octanol–water partition coefficient (Wildman–Crippen LogP) is -0.150. The number of nitrogens with zero attached hydrogens (tertiary/aromatic N) is 3. The third kappa shape index (κ3) is 7.20. The van der Waals surface area contributed by atoms with Crippen LogP contribution >= 0.6 is 0 Å². The fourth-order valence-electron chi connectivity index (χ4n) is 1.63. The number of rotatable bonds is 8. The molecule has 0 rings (SSSR count). The van der Waals surface area contributed by atoms with E-state index in [1.54, 1.807) is 0 Å². The summed E-state index contributed by atoms with van der Waals surface area (Å²) >= 11 is 0. The van der Waals surface area contributed by atoms with Crippen LogP contribution in [0.5, 0.6) is 0 Å². The van der Waals surface area contributed by atoms with Gasteiger partial charge in [-0.2, -0.15) is 5.26 Å². The van der Waals surface area contributed by atoms with Gasteiger partial charge >= 0.3 is 12.0 Å². The lowest BCUT2D eigenvalue weighted by Crippen LogP contribution is -2.49. The second-order valence-electron chi connectivity index (χ2n) is 4.75. The van der Waals surface area contributed by atoms with E-state index in [0.29, 0.717) is 6.54 Å². The Kier molecular flexibility index (Phi) is 7.74. The van der Waals surface area contributed by atoms with E-state index in [-0.39, 0.29) is 18.9 Å². The van der Waals surface area contributed by atoms with Crippen LogP contribution in [0.15, 0.2) is 0 Å². The van der Waals surface area contributed by atoms with Crippen LogP contribution in [0.3, 0.4) is 0 Å². The molecule has 20 heavy (non-hydrogen) atoms. The molecular weight excluding hydrogens is 264 g/mol. The Morgan fingerprint density at radius 2 is 1.85 bits per heavy atom. The SMILES string of the molecule is CC(C)CN(CCC#N)C(=O)N(CC(N)=O)CC(=O)O. The molecule has 0 saturated carbocycles. The van der Waals surface area contributed by atoms with Crippen LogP contribution in [0.4, 0.5) is 4.79 Å². The van der Waals surface area contributed by atoms with Gasteiger partial charge in [-0.05, 0) is 5.92 Å². The van der Waals surface area contributed by atoms with Crippen molar-refractivity contribution < 1.29 is 19.5 Å². The third-order valence-corrected chi connectivity index (χ3v) is 2.29. The van der Waals surface area contributed by atoms with Gasteiger partial charge in [0.1, 0.15) is 13.1 Å². The highest BCUT2D eigenvalue weighted by Gasteiger charge is 2.24. The van der Waals surface area contributed by atoms with Crippen LogP contribution in [0, 0.1) is 17.2 Å². The summed E-state index contributed by atoms with van der Waals surface area (Å²) in [5.74, 6) is -1.87. The zero-order valence-corrected chi connectivity index (χ0v) is 11.7. The van der Waals surface area contributed by atoms with Gasteiger partial charge in [0.05, 0.1) is 12.5 Å². The maximum Gasteiger partial charge on any atom is 0.323 e. The zero-order chi connectivity index (χ0) is 15.7. The summed E-state index contributed by atoms with van der Waals surface area (Å²) in [6.07, 6.45) is 0.135. The van der Waals surface area contributed by atoms with Gasteiger partial charge in [0.25, 0.3) is 0 Å². The Bertz CT molecular complexity index is 387. The minimum Gasteiger partial charge on any atom is -0.480 e. The summed E-state index contributed by atoms with van der Waals surface area (Å²) < 4.78 is 0. The van der Waals surface area contributed by atoms with Crippen LogP contribution in [0.1, 0.15) is 20.3 Å². The Morgan fingerprint density at radius 3 is 2.25 bits per heavy atom. The first kappa shape index (κ1) is 17.7. The van der Waals surface area contributed by atoms with E-state index < -0.39 is 31.0 Å². The molecule has 0 aromatic carbocycles. The number of nitrogens with two attached hydrogens (primary N) is 1. The van der Waals surface area contributed by atoms with Crippen molar-refractivity contribution in [2.75, 3.05) is 26.2 Å². The number of aliphatic carboxylic acids is 1. The largest absolute Gasteiger partial charge is 0.480 e. The fraction of sp³-hybridized carbons (Fsp3) is 0.667. The van der Waals surface area contributed by atoms with Gasteiger partial charge in [0.15, 0.2) is 0 Å². The summed E-state index contributed by atoms with van der Waals surface area (Å²) in [5, 5.41) is 17.4. The van der Waals surface area contributed by atoms with Crippen molar-refractivity contribution in [3.8, 4) is 6.07 Å². The van der Waals surface area contributed by atoms with Crippen molar-refractivity contribution >= 4 is 17.9 Å². The summed E-state index contributed by atoms with van der Waals surface area (Å²) in [6, 6.07) is 1.32. The molecule has 0 atom stereocenters. The number of hydrogen-bond acceptors (Lipinski definition) is 4. The van der Waals surface area contributed by atoms with Crippen LogP contribution in [-0.4, -0.2) is 59.0 Å². The van der Waals surface area contributed by atoms with Crippen molar-refractivity contribution in [2.45, 2.75) is 20.3 Å². The molecule has 0 aromatic heterocycles. The molecule has 0 aliphatic carbocycles. The molecule has 0 heterocycles. The maximum atomic E-state index is 12.2. The molecule has 0 aliphatic heterocycles. The average molecular weight is 284 g/mol. The maximum absolute atomic E-state index is 12.2. The number of hydrogen-bond donors (Lipinski definition) is 2. The highest BCUT2D eigenvalue weighted by Crippen LogP contribution is 2.05. The van der Waals surface area contributed by atoms with Crippen molar-refractivity contribution in [2.24, 2.45) is 11.7 Å². The van der Waals surface area contributed by atoms with Crippen LogP contribution in [0.2, 0.25) is 0 Å². The quantitative estimate of drug-likeness (QED) is 0.640. The van der Waals surface area contributed by atoms with E-state index >= 15 is 0 Å². The number of amides is 3. The third-order valence-electron chi connectivity index (χ3n) is 2.29. The summed E-state index contributed by atoms with van der Waals surface area (Å²) in [5.41, 5.74) is 5.01. The Hall–Kier alpha value is -2.30. The van der Waals surface area contributed by atoms with E-state index in [1.165, 1.54) is 4.90 Å². The molecule has 112 valence electrons. The molecule has 3 N–H and O–H groups in total. The minimum absolute atomic E-state index is 0.135. The Balaban J connectivity index is 4.96. The van der Waals surface area contributed by atoms with Gasteiger partial charge in [-0.25, -0.2) is 4.79 Å². The van der Waals surface area contributed by atoms with Crippen LogP contribution in [0.25, 0.3) is 0 Å². The van der Waals surface area contributed by atoms with Crippen LogP contribution in [-0.2, 0) is 9.59 Å². The average Bonchev–Trinajstić information content (AvgIpc) is 2.31. The monoisotopic (exact) mass is 284 g/mol. The first-order chi connectivity index (χ1) is 9.27. The fourth-order valence-corrected chi connectivity index (χ4v) is 1.63. The number of carbonyl (C=O) groups excluding carboxylic acids is 2. The number of carbonyl (C=O) groups is 3. The number of nitriles is 1. The number of carboxylic acids is 1. The van der Waals surface area contributed by atoms with Crippen molar-refractivity contribution in [3.05, 3.63) is 0 Å². The molecule has 3 amide bonds. The number of carboxylic acid groups (broad SMARTS) is 1. The summed E-state index contributed by atoms with van der Waals surface area (Å²) in [6.45, 7) is 3.26. The van der Waals surface area contributed by atoms with Gasteiger partial charge < -0.3 is 20.6 Å². The minimum atomic E-state index is -1.23. The molecule has 8 nitrogen and oxygen atoms in total. The van der Waals surface area contributed by atoms with Crippen LogP contribution < -0.4 is 5.73 Å². The zero-order valence-electron chi connectivity index (χ0n) is 11.7. The molecule has 0 fully saturated rings. The number of urea groups is 1. The smallest absolute Gasteiger partial charge is 0.323 e. The van der Waals surface area contributed by atoms with E-state index in [2.05, 4.69) is 0 Å². The second-order valence-corrected chi connectivity index (χ2v) is 4.75. The summed E-state index contributed by atoms with van der Waals surface area (Å²) in [4.78, 5) is 36.1. The van der Waals surface area contributed by atoms with Gasteiger partial charge in [0, 0.05) is 13.1 Å². The summed E-state index contributed by atoms with van der Waals surface area (Å²) in [7, 11) is 0. The van der Waals surface area contributed by atoms with Crippen molar-refractivity contribution in [1.29, 1.82) is 5.26 Å². The lowest BCUT2D eigenvalue weighted by molar-refractivity contribution is -0.138. The van der Waals surface area contributed by atoms with E-state index in [4.69, 9.17) is 16.1 Å². The predicted molar refractivity (Wildman–Crippen MR) is 70.4 cm³/mol. The highest BCUT2D eigenvalue weighted by molar-refractivity contribution is 5.86. The Labute approximate surface area is 117 Å². The standard InChI is InChI=1S/C12H20N4O4/c1-9(2)6-15(5-3-4-13)12(20)16(7-10(14)17)8-11(18)19/h9H,3,5-8H2,1-2H3,(H2,14,17)(H,18,19). The number of primary amides is 1. The first-order valence-electron chi connectivity index (χ1n) is 6.18. The molecule has 0 aliphatic rings. The molecule has 0 saturated heterocycles. The van der Waals surface area contributed by atoms with Gasteiger partial charge in [0.2, 0.25) is 5.91 Å². The van der Waals surface area contributed by atoms with Gasteiger partial charge in [-0.3, -0.25) is 9.59 Å². The molecule has 0 aromatic rings. The lowest BCUT2D eigenvalue weighted by Gasteiger charge is -2.29. The lowest BCUT2D eigenvalue weighted by atomic mass is 10.2. The van der Waals surface area contributed by atoms with Crippen molar-refractivity contribution in [1.82, 2.24) is 9.80 Å². The first-order valence-corrected chi connectivity index (χ1v) is 6.18. The highest BCUT2D eigenvalue weighted by atomic mass is 16.4.